The van der Waals surface area contributed by atoms with Crippen molar-refractivity contribution in [3.05, 3.63) is 68.1 Å². The number of carbonyl (C=O) groups is 2. The smallest absolute Gasteiger partial charge is 0.242 e. The topological polar surface area (TPSA) is 49.4 Å². The number of hydrogen-bond acceptors (Lipinski definition) is 3. The predicted octanol–water partition coefficient (Wildman–Crippen LogP) is 5.54. The molecule has 0 fully saturated rings. The third kappa shape index (κ3) is 7.52. The average molecular weight is 518 g/mol. The van der Waals surface area contributed by atoms with Crippen molar-refractivity contribution < 1.29 is 9.59 Å². The SMILES string of the molecule is CCNC(=O)[C@@H](C)N(Cc1cccc(Br)c1)C(=O)CSCc1ccc(Cl)cc1Cl. The van der Waals surface area contributed by atoms with Crippen molar-refractivity contribution in [2.24, 2.45) is 0 Å². The fourth-order valence-electron chi connectivity index (χ4n) is 2.71. The maximum absolute atomic E-state index is 13.0. The third-order valence-corrected chi connectivity index (χ3v) is 6.30. The van der Waals surface area contributed by atoms with Crippen LogP contribution in [0.25, 0.3) is 0 Å². The minimum atomic E-state index is -0.568. The van der Waals surface area contributed by atoms with E-state index in [1.54, 1.807) is 24.0 Å². The van der Waals surface area contributed by atoms with Gasteiger partial charge in [0, 0.05) is 33.4 Å². The second-order valence-corrected chi connectivity index (χ2v) is 9.20. The number of halogens is 3. The van der Waals surface area contributed by atoms with E-state index < -0.39 is 6.04 Å². The summed E-state index contributed by atoms with van der Waals surface area (Å²) in [4.78, 5) is 27.0. The molecule has 2 rings (SSSR count). The summed E-state index contributed by atoms with van der Waals surface area (Å²) in [7, 11) is 0. The molecule has 1 atom stereocenters. The molecule has 0 aromatic heterocycles. The van der Waals surface area contributed by atoms with Crippen LogP contribution < -0.4 is 5.32 Å². The Morgan fingerprint density at radius 3 is 2.62 bits per heavy atom. The quantitative estimate of drug-likeness (QED) is 0.474. The van der Waals surface area contributed by atoms with Crippen molar-refractivity contribution in [1.29, 1.82) is 0 Å². The molecule has 0 unspecified atom stereocenters. The monoisotopic (exact) mass is 516 g/mol. The first-order valence-corrected chi connectivity index (χ1v) is 11.9. The Hall–Kier alpha value is -1.21. The van der Waals surface area contributed by atoms with Crippen LogP contribution in [0.3, 0.4) is 0 Å². The van der Waals surface area contributed by atoms with Crippen LogP contribution in [-0.2, 0) is 21.9 Å². The van der Waals surface area contributed by atoms with Crippen LogP contribution in [0.5, 0.6) is 0 Å². The number of nitrogens with zero attached hydrogens (tertiary/aromatic N) is 1. The van der Waals surface area contributed by atoms with Gasteiger partial charge in [-0.3, -0.25) is 9.59 Å². The number of likely N-dealkylation sites (N-methyl/N-ethyl adjacent to an activating group) is 1. The maximum Gasteiger partial charge on any atom is 0.242 e. The minimum absolute atomic E-state index is 0.0983. The van der Waals surface area contributed by atoms with E-state index in [9.17, 15) is 9.59 Å². The number of rotatable bonds is 9. The molecule has 0 heterocycles. The highest BCUT2D eigenvalue weighted by Crippen LogP contribution is 2.25. The lowest BCUT2D eigenvalue weighted by Crippen LogP contribution is -2.48. The van der Waals surface area contributed by atoms with Gasteiger partial charge >= 0.3 is 0 Å². The largest absolute Gasteiger partial charge is 0.355 e. The average Bonchev–Trinajstić information content (AvgIpc) is 2.67. The van der Waals surface area contributed by atoms with Crippen LogP contribution in [-0.4, -0.2) is 35.1 Å². The Kier molecular flexibility index (Phi) is 9.83. The zero-order valence-corrected chi connectivity index (χ0v) is 20.2. The summed E-state index contributed by atoms with van der Waals surface area (Å²) in [6.07, 6.45) is 0. The molecule has 0 aliphatic rings. The molecule has 156 valence electrons. The number of amides is 2. The Balaban J connectivity index is 2.07. The van der Waals surface area contributed by atoms with Crippen LogP contribution in [0.2, 0.25) is 10.0 Å². The standard InChI is InChI=1S/C21H23BrCl2N2O2S/c1-3-25-21(28)14(2)26(11-15-5-4-6-17(22)9-15)20(27)13-29-12-16-7-8-18(23)10-19(16)24/h4-10,14H,3,11-13H2,1-2H3,(H,25,28)/t14-/m1/s1. The first-order valence-electron chi connectivity index (χ1n) is 9.15. The molecule has 2 aromatic carbocycles. The van der Waals surface area contributed by atoms with Gasteiger partial charge in [0.05, 0.1) is 5.75 Å². The van der Waals surface area contributed by atoms with E-state index in [4.69, 9.17) is 23.2 Å². The highest BCUT2D eigenvalue weighted by molar-refractivity contribution is 9.10. The van der Waals surface area contributed by atoms with E-state index in [1.807, 2.05) is 37.3 Å². The normalized spacial score (nSPS) is 11.8. The summed E-state index contributed by atoms with van der Waals surface area (Å²) in [5.74, 6) is 0.569. The zero-order chi connectivity index (χ0) is 21.4. The highest BCUT2D eigenvalue weighted by atomic mass is 79.9. The van der Waals surface area contributed by atoms with Crippen LogP contribution in [0.15, 0.2) is 46.9 Å². The molecule has 0 bridgehead atoms. The van der Waals surface area contributed by atoms with Gasteiger partial charge in [0.2, 0.25) is 11.8 Å². The number of carbonyl (C=O) groups excluding carboxylic acids is 2. The van der Waals surface area contributed by atoms with Crippen molar-refractivity contribution in [3.8, 4) is 0 Å². The van der Waals surface area contributed by atoms with Crippen LogP contribution >= 0.6 is 50.9 Å². The van der Waals surface area contributed by atoms with Gasteiger partial charge < -0.3 is 10.2 Å². The van der Waals surface area contributed by atoms with Crippen LogP contribution in [0, 0.1) is 0 Å². The van der Waals surface area contributed by atoms with Crippen LogP contribution in [0.1, 0.15) is 25.0 Å². The summed E-state index contributed by atoms with van der Waals surface area (Å²) in [6.45, 7) is 4.49. The number of benzene rings is 2. The Bertz CT molecular complexity index is 866. The van der Waals surface area contributed by atoms with Crippen molar-refractivity contribution in [2.75, 3.05) is 12.3 Å². The van der Waals surface area contributed by atoms with E-state index in [2.05, 4.69) is 21.2 Å². The number of nitrogens with one attached hydrogen (secondary N) is 1. The third-order valence-electron chi connectivity index (χ3n) is 4.26. The van der Waals surface area contributed by atoms with Crippen molar-refractivity contribution in [2.45, 2.75) is 32.2 Å². The van der Waals surface area contributed by atoms with Gasteiger partial charge in [-0.2, -0.15) is 0 Å². The molecule has 0 spiro atoms. The lowest BCUT2D eigenvalue weighted by atomic mass is 10.1. The van der Waals surface area contributed by atoms with Gasteiger partial charge in [-0.25, -0.2) is 0 Å². The molecule has 0 aliphatic heterocycles. The van der Waals surface area contributed by atoms with Gasteiger partial charge in [0.15, 0.2) is 0 Å². The van der Waals surface area contributed by atoms with E-state index in [0.717, 1.165) is 15.6 Å². The van der Waals surface area contributed by atoms with Gasteiger partial charge in [0.25, 0.3) is 0 Å². The highest BCUT2D eigenvalue weighted by Gasteiger charge is 2.25. The molecule has 0 radical (unpaired) electrons. The number of hydrogen-bond donors (Lipinski definition) is 1. The molecule has 2 aromatic rings. The fourth-order valence-corrected chi connectivity index (χ4v) is 4.62. The predicted molar refractivity (Wildman–Crippen MR) is 125 cm³/mol. The van der Waals surface area contributed by atoms with Crippen molar-refractivity contribution in [1.82, 2.24) is 10.2 Å². The molecule has 0 saturated heterocycles. The van der Waals surface area contributed by atoms with Crippen LogP contribution in [0.4, 0.5) is 0 Å². The molecule has 1 N–H and O–H groups in total. The summed E-state index contributed by atoms with van der Waals surface area (Å²) in [5.41, 5.74) is 1.87. The van der Waals surface area contributed by atoms with E-state index in [1.165, 1.54) is 11.8 Å². The lowest BCUT2D eigenvalue weighted by Gasteiger charge is -2.28. The Morgan fingerprint density at radius 1 is 1.21 bits per heavy atom. The second-order valence-electron chi connectivity index (χ2n) is 6.45. The Morgan fingerprint density at radius 2 is 1.97 bits per heavy atom. The second kappa shape index (κ2) is 11.8. The summed E-state index contributed by atoms with van der Waals surface area (Å²) in [5, 5.41) is 3.96. The summed E-state index contributed by atoms with van der Waals surface area (Å²) in [6, 6.07) is 12.5. The lowest BCUT2D eigenvalue weighted by molar-refractivity contribution is -0.138. The molecular weight excluding hydrogens is 495 g/mol. The summed E-state index contributed by atoms with van der Waals surface area (Å²) < 4.78 is 0.930. The molecular formula is C21H23BrCl2N2O2S. The minimum Gasteiger partial charge on any atom is -0.355 e. The van der Waals surface area contributed by atoms with Crippen molar-refractivity contribution in [3.63, 3.8) is 0 Å². The van der Waals surface area contributed by atoms with Gasteiger partial charge in [-0.1, -0.05) is 57.3 Å². The zero-order valence-electron chi connectivity index (χ0n) is 16.3. The van der Waals surface area contributed by atoms with Gasteiger partial charge in [0.1, 0.15) is 6.04 Å². The van der Waals surface area contributed by atoms with Gasteiger partial charge in [-0.15, -0.1) is 11.8 Å². The molecule has 4 nitrogen and oxygen atoms in total. The molecule has 0 aliphatic carbocycles. The molecule has 8 heteroatoms. The van der Waals surface area contributed by atoms with Gasteiger partial charge in [-0.05, 0) is 49.2 Å². The van der Waals surface area contributed by atoms with E-state index in [0.29, 0.717) is 28.9 Å². The molecule has 2 amide bonds. The first-order chi connectivity index (χ1) is 13.8. The van der Waals surface area contributed by atoms with Crippen molar-refractivity contribution >= 4 is 62.7 Å². The Labute approximate surface area is 194 Å². The fraction of sp³-hybridized carbons (Fsp3) is 0.333. The molecule has 0 saturated carbocycles. The molecule has 29 heavy (non-hydrogen) atoms. The first kappa shape index (κ1) is 24.1. The van der Waals surface area contributed by atoms with E-state index >= 15 is 0 Å². The number of thioether (sulfide) groups is 1. The maximum atomic E-state index is 13.0. The van der Waals surface area contributed by atoms with E-state index in [-0.39, 0.29) is 17.6 Å². The summed E-state index contributed by atoms with van der Waals surface area (Å²) >= 11 is 17.0.